The summed E-state index contributed by atoms with van der Waals surface area (Å²) in [4.78, 5) is 7.13. The zero-order valence-electron chi connectivity index (χ0n) is 13.5. The summed E-state index contributed by atoms with van der Waals surface area (Å²) >= 11 is 0. The van der Waals surface area contributed by atoms with Crippen molar-refractivity contribution >= 4 is 0 Å². The van der Waals surface area contributed by atoms with Crippen LogP contribution in [0.4, 0.5) is 0 Å². The van der Waals surface area contributed by atoms with E-state index in [1.807, 2.05) is 12.4 Å². The van der Waals surface area contributed by atoms with Gasteiger partial charge >= 0.3 is 0 Å². The van der Waals surface area contributed by atoms with E-state index in [4.69, 9.17) is 0 Å². The molecule has 0 amide bonds. The van der Waals surface area contributed by atoms with Crippen LogP contribution >= 0.6 is 0 Å². The van der Waals surface area contributed by atoms with Crippen LogP contribution in [-0.4, -0.2) is 45.7 Å². The molecule has 0 aromatic carbocycles. The van der Waals surface area contributed by atoms with Crippen LogP contribution in [0, 0.1) is 0 Å². The van der Waals surface area contributed by atoms with E-state index in [0.29, 0.717) is 11.6 Å². The topological polar surface area (TPSA) is 33.1 Å². The summed E-state index contributed by atoms with van der Waals surface area (Å²) in [5.74, 6) is 1.19. The summed E-state index contributed by atoms with van der Waals surface area (Å²) in [5.41, 5.74) is 0.313. The molecule has 0 aliphatic carbocycles. The lowest BCUT2D eigenvalue weighted by molar-refractivity contribution is 0.0710. The van der Waals surface area contributed by atoms with Crippen molar-refractivity contribution < 1.29 is 0 Å². The molecule has 114 valence electrons. The molecule has 1 aliphatic rings. The van der Waals surface area contributed by atoms with Crippen LogP contribution in [0.1, 0.15) is 45.9 Å². The van der Waals surface area contributed by atoms with Crippen molar-refractivity contribution in [3.63, 3.8) is 0 Å². The molecule has 20 heavy (non-hydrogen) atoms. The van der Waals surface area contributed by atoms with E-state index in [9.17, 15) is 0 Å². The molecule has 0 saturated carbocycles. The minimum absolute atomic E-state index is 0.313. The second kappa shape index (κ2) is 6.72. The van der Waals surface area contributed by atoms with Crippen molar-refractivity contribution in [2.24, 2.45) is 7.05 Å². The molecule has 2 heterocycles. The highest BCUT2D eigenvalue weighted by molar-refractivity contribution is 4.98. The molecule has 4 nitrogen and oxygen atoms in total. The molecule has 4 heteroatoms. The van der Waals surface area contributed by atoms with Gasteiger partial charge in [-0.15, -0.1) is 0 Å². The highest BCUT2D eigenvalue weighted by Gasteiger charge is 2.35. The predicted molar refractivity (Wildman–Crippen MR) is 83.9 cm³/mol. The number of hydrogen-bond donors (Lipinski definition) is 1. The Morgan fingerprint density at radius 2 is 2.10 bits per heavy atom. The van der Waals surface area contributed by atoms with Gasteiger partial charge in [-0.05, 0) is 19.3 Å². The van der Waals surface area contributed by atoms with E-state index in [-0.39, 0.29) is 0 Å². The number of rotatable bonds is 6. The molecule has 2 rings (SSSR count). The van der Waals surface area contributed by atoms with Crippen molar-refractivity contribution in [2.75, 3.05) is 19.6 Å². The average Bonchev–Trinajstić information content (AvgIpc) is 2.90. The molecular weight excluding hydrogens is 248 g/mol. The second-order valence-corrected chi connectivity index (χ2v) is 6.11. The van der Waals surface area contributed by atoms with E-state index in [1.54, 1.807) is 0 Å². The number of aryl methyl sites for hydroxylation is 1. The molecule has 0 bridgehead atoms. The SMILES string of the molecule is CCC1CNC(CC)(CC)CN1CCc1nccn1C. The summed E-state index contributed by atoms with van der Waals surface area (Å²) < 4.78 is 2.13. The van der Waals surface area contributed by atoms with E-state index >= 15 is 0 Å². The van der Waals surface area contributed by atoms with Gasteiger partial charge in [-0.3, -0.25) is 4.90 Å². The maximum absolute atomic E-state index is 4.45. The smallest absolute Gasteiger partial charge is 0.109 e. The van der Waals surface area contributed by atoms with Gasteiger partial charge < -0.3 is 9.88 Å². The van der Waals surface area contributed by atoms with Crippen LogP contribution in [0.15, 0.2) is 12.4 Å². The Kier molecular flexibility index (Phi) is 5.22. The average molecular weight is 278 g/mol. The molecule has 0 radical (unpaired) electrons. The molecule has 1 unspecified atom stereocenters. The first-order chi connectivity index (χ1) is 9.64. The van der Waals surface area contributed by atoms with Crippen molar-refractivity contribution in [2.45, 2.75) is 58.0 Å². The Balaban J connectivity index is 2.00. The lowest BCUT2D eigenvalue weighted by Gasteiger charge is -2.47. The number of aromatic nitrogens is 2. The Labute approximate surface area is 123 Å². The van der Waals surface area contributed by atoms with Gasteiger partial charge in [-0.1, -0.05) is 20.8 Å². The van der Waals surface area contributed by atoms with Crippen LogP contribution in [-0.2, 0) is 13.5 Å². The molecule has 1 N–H and O–H groups in total. The van der Waals surface area contributed by atoms with Crippen molar-refractivity contribution in [3.05, 3.63) is 18.2 Å². The van der Waals surface area contributed by atoms with Gasteiger partial charge in [-0.25, -0.2) is 4.98 Å². The molecule has 1 saturated heterocycles. The van der Waals surface area contributed by atoms with Gasteiger partial charge in [0, 0.05) is 57.1 Å². The minimum atomic E-state index is 0.313. The van der Waals surface area contributed by atoms with Crippen LogP contribution in [0.25, 0.3) is 0 Å². The van der Waals surface area contributed by atoms with Crippen molar-refractivity contribution in [1.82, 2.24) is 19.8 Å². The molecule has 1 fully saturated rings. The van der Waals surface area contributed by atoms with Crippen molar-refractivity contribution in [3.8, 4) is 0 Å². The number of imidazole rings is 1. The minimum Gasteiger partial charge on any atom is -0.338 e. The molecule has 1 aromatic rings. The third-order valence-corrected chi connectivity index (χ3v) is 5.10. The zero-order valence-corrected chi connectivity index (χ0v) is 13.5. The molecular formula is C16H30N4. The van der Waals surface area contributed by atoms with Gasteiger partial charge in [0.1, 0.15) is 5.82 Å². The van der Waals surface area contributed by atoms with Crippen LogP contribution in [0.5, 0.6) is 0 Å². The fraction of sp³-hybridized carbons (Fsp3) is 0.812. The van der Waals surface area contributed by atoms with E-state index < -0.39 is 0 Å². The Morgan fingerprint density at radius 1 is 1.35 bits per heavy atom. The lowest BCUT2D eigenvalue weighted by atomic mass is 9.88. The standard InChI is InChI=1S/C16H30N4/c1-5-14-12-18-16(6-2,7-3)13-20(14)10-8-15-17-9-11-19(15)4/h9,11,14,18H,5-8,10,12-13H2,1-4H3. The Morgan fingerprint density at radius 3 is 2.65 bits per heavy atom. The van der Waals surface area contributed by atoms with E-state index in [0.717, 1.165) is 19.5 Å². The Bertz CT molecular complexity index is 408. The van der Waals surface area contributed by atoms with Crippen molar-refractivity contribution in [1.29, 1.82) is 0 Å². The zero-order chi connectivity index (χ0) is 14.6. The summed E-state index contributed by atoms with van der Waals surface area (Å²) in [5, 5.41) is 3.81. The first kappa shape index (κ1) is 15.5. The third-order valence-electron chi connectivity index (χ3n) is 5.10. The number of hydrogen-bond acceptors (Lipinski definition) is 3. The molecule has 0 spiro atoms. The Hall–Kier alpha value is -0.870. The second-order valence-electron chi connectivity index (χ2n) is 6.11. The first-order valence-corrected chi connectivity index (χ1v) is 8.09. The fourth-order valence-corrected chi connectivity index (χ4v) is 3.31. The molecule has 1 atom stereocenters. The predicted octanol–water partition coefficient (Wildman–Crippen LogP) is 2.21. The van der Waals surface area contributed by atoms with Gasteiger partial charge in [0.15, 0.2) is 0 Å². The quantitative estimate of drug-likeness (QED) is 0.866. The number of nitrogens with zero attached hydrogens (tertiary/aromatic N) is 3. The normalized spacial score (nSPS) is 23.1. The summed E-state index contributed by atoms with van der Waals surface area (Å²) in [6.45, 7) is 10.3. The largest absolute Gasteiger partial charge is 0.338 e. The molecule has 1 aliphatic heterocycles. The van der Waals surface area contributed by atoms with E-state index in [1.165, 1.54) is 31.6 Å². The summed E-state index contributed by atoms with van der Waals surface area (Å²) in [6, 6.07) is 0.668. The fourth-order valence-electron chi connectivity index (χ4n) is 3.31. The summed E-state index contributed by atoms with van der Waals surface area (Å²) in [6.07, 6.45) is 8.61. The van der Waals surface area contributed by atoms with Gasteiger partial charge in [0.05, 0.1) is 0 Å². The van der Waals surface area contributed by atoms with Gasteiger partial charge in [-0.2, -0.15) is 0 Å². The van der Waals surface area contributed by atoms with Gasteiger partial charge in [0.2, 0.25) is 0 Å². The molecule has 1 aromatic heterocycles. The maximum atomic E-state index is 4.45. The lowest BCUT2D eigenvalue weighted by Crippen LogP contribution is -2.63. The summed E-state index contributed by atoms with van der Waals surface area (Å²) in [7, 11) is 2.08. The maximum Gasteiger partial charge on any atom is 0.109 e. The van der Waals surface area contributed by atoms with Gasteiger partial charge in [0.25, 0.3) is 0 Å². The highest BCUT2D eigenvalue weighted by Crippen LogP contribution is 2.23. The van der Waals surface area contributed by atoms with Crippen LogP contribution < -0.4 is 5.32 Å². The van der Waals surface area contributed by atoms with Crippen LogP contribution in [0.3, 0.4) is 0 Å². The number of nitrogens with one attached hydrogen (secondary N) is 1. The van der Waals surface area contributed by atoms with Crippen LogP contribution in [0.2, 0.25) is 0 Å². The third kappa shape index (κ3) is 3.23. The highest BCUT2D eigenvalue weighted by atomic mass is 15.3. The van der Waals surface area contributed by atoms with E-state index in [2.05, 4.69) is 47.6 Å². The number of piperazine rings is 1. The first-order valence-electron chi connectivity index (χ1n) is 8.09. The monoisotopic (exact) mass is 278 g/mol.